The molecule has 0 bridgehead atoms. The molecule has 3 rings (SSSR count). The molecule has 152 valence electrons. The normalized spacial score (nSPS) is 12.6. The second-order valence-electron chi connectivity index (χ2n) is 7.50. The number of benzene rings is 2. The summed E-state index contributed by atoms with van der Waals surface area (Å²) in [5, 5.41) is 3.01. The lowest BCUT2D eigenvalue weighted by Crippen LogP contribution is -2.27. The van der Waals surface area contributed by atoms with Crippen molar-refractivity contribution in [1.82, 2.24) is 9.88 Å². The highest BCUT2D eigenvalue weighted by molar-refractivity contribution is 7.90. The van der Waals surface area contributed by atoms with E-state index in [1.807, 2.05) is 52.0 Å². The van der Waals surface area contributed by atoms with Crippen LogP contribution in [0.15, 0.2) is 59.5 Å². The van der Waals surface area contributed by atoms with Gasteiger partial charge < -0.3 is 9.88 Å². The maximum absolute atomic E-state index is 12.9. The summed E-state index contributed by atoms with van der Waals surface area (Å²) in [6, 6.07) is 16.4. The Bertz CT molecular complexity index is 1160. The zero-order chi connectivity index (χ0) is 21.3. The number of carbonyl (C=O) groups excluding carboxylic acids is 1. The molecule has 0 fully saturated rings. The molecule has 0 saturated heterocycles. The topological polar surface area (TPSA) is 68.2 Å². The highest BCUT2D eigenvalue weighted by Gasteiger charge is 2.19. The summed E-state index contributed by atoms with van der Waals surface area (Å²) in [5.74, 6) is -0.156. The van der Waals surface area contributed by atoms with Gasteiger partial charge in [-0.1, -0.05) is 24.3 Å². The van der Waals surface area contributed by atoms with Gasteiger partial charge in [0.2, 0.25) is 0 Å². The van der Waals surface area contributed by atoms with Gasteiger partial charge in [0, 0.05) is 23.3 Å². The second kappa shape index (κ2) is 7.87. The molecular weight excluding hydrogens is 384 g/mol. The number of amides is 1. The van der Waals surface area contributed by atoms with Gasteiger partial charge in [-0.05, 0) is 69.2 Å². The van der Waals surface area contributed by atoms with E-state index in [0.717, 1.165) is 28.2 Å². The first kappa shape index (κ1) is 20.9. The number of carbonyl (C=O) groups is 1. The molecule has 3 aromatic rings. The van der Waals surface area contributed by atoms with Crippen molar-refractivity contribution in [3.05, 3.63) is 82.7 Å². The van der Waals surface area contributed by atoms with E-state index in [4.69, 9.17) is 0 Å². The van der Waals surface area contributed by atoms with Gasteiger partial charge in [-0.3, -0.25) is 4.79 Å². The summed E-state index contributed by atoms with van der Waals surface area (Å²) >= 11 is 0. The Morgan fingerprint density at radius 1 is 1.00 bits per heavy atom. The van der Waals surface area contributed by atoms with E-state index in [9.17, 15) is 13.2 Å². The van der Waals surface area contributed by atoms with Crippen LogP contribution in [0.4, 0.5) is 0 Å². The summed E-state index contributed by atoms with van der Waals surface area (Å²) in [6.45, 7) is 7.85. The van der Waals surface area contributed by atoms with Crippen LogP contribution in [0.25, 0.3) is 5.69 Å². The Morgan fingerprint density at radius 3 is 2.24 bits per heavy atom. The molecule has 1 unspecified atom stereocenters. The van der Waals surface area contributed by atoms with E-state index >= 15 is 0 Å². The first-order chi connectivity index (χ1) is 13.6. The van der Waals surface area contributed by atoms with Gasteiger partial charge >= 0.3 is 0 Å². The minimum absolute atomic E-state index is 0.156. The van der Waals surface area contributed by atoms with Crippen molar-refractivity contribution in [1.29, 1.82) is 0 Å². The summed E-state index contributed by atoms with van der Waals surface area (Å²) in [5.41, 5.74) is 5.53. The maximum atomic E-state index is 12.9. The highest BCUT2D eigenvalue weighted by atomic mass is 32.2. The number of nitrogens with zero attached hydrogens (tertiary/aromatic N) is 1. The smallest absolute Gasteiger partial charge is 0.253 e. The minimum atomic E-state index is -3.24. The van der Waals surface area contributed by atoms with Crippen molar-refractivity contribution in [2.45, 2.75) is 38.6 Å². The Labute approximate surface area is 172 Å². The van der Waals surface area contributed by atoms with Crippen LogP contribution in [-0.2, 0) is 9.84 Å². The molecule has 1 atom stereocenters. The molecule has 1 N–H and O–H groups in total. The molecule has 0 aliphatic carbocycles. The quantitative estimate of drug-likeness (QED) is 0.682. The zero-order valence-electron chi connectivity index (χ0n) is 17.4. The number of nitrogens with one attached hydrogen (secondary N) is 1. The zero-order valence-corrected chi connectivity index (χ0v) is 18.2. The predicted octanol–water partition coefficient (Wildman–Crippen LogP) is 4.30. The molecule has 29 heavy (non-hydrogen) atoms. The summed E-state index contributed by atoms with van der Waals surface area (Å²) in [7, 11) is -3.24. The Balaban J connectivity index is 1.83. The summed E-state index contributed by atoms with van der Waals surface area (Å²) in [4.78, 5) is 13.2. The van der Waals surface area contributed by atoms with Crippen molar-refractivity contribution >= 4 is 15.7 Å². The number of aryl methyl sites for hydroxylation is 2. The lowest BCUT2D eigenvalue weighted by Gasteiger charge is -2.15. The number of sulfone groups is 1. The van der Waals surface area contributed by atoms with Crippen LogP contribution in [0, 0.1) is 20.8 Å². The number of aromatic nitrogens is 1. The molecule has 0 aliphatic rings. The molecule has 1 aromatic heterocycles. The fourth-order valence-electron chi connectivity index (χ4n) is 3.52. The summed E-state index contributed by atoms with van der Waals surface area (Å²) < 4.78 is 25.3. The average molecular weight is 411 g/mol. The van der Waals surface area contributed by atoms with Crippen LogP contribution >= 0.6 is 0 Å². The van der Waals surface area contributed by atoms with Gasteiger partial charge in [0.15, 0.2) is 9.84 Å². The van der Waals surface area contributed by atoms with Gasteiger partial charge in [0.05, 0.1) is 16.5 Å². The molecule has 1 amide bonds. The molecule has 1 heterocycles. The molecule has 0 aliphatic heterocycles. The van der Waals surface area contributed by atoms with Gasteiger partial charge in [0.25, 0.3) is 5.91 Å². The Kier molecular flexibility index (Phi) is 5.66. The lowest BCUT2D eigenvalue weighted by atomic mass is 10.1. The third-order valence-corrected chi connectivity index (χ3v) is 6.22. The van der Waals surface area contributed by atoms with E-state index in [2.05, 4.69) is 16.0 Å². The maximum Gasteiger partial charge on any atom is 0.253 e. The predicted molar refractivity (Wildman–Crippen MR) is 115 cm³/mol. The average Bonchev–Trinajstić information content (AvgIpc) is 2.95. The Hall–Kier alpha value is -2.86. The molecule has 5 nitrogen and oxygen atoms in total. The van der Waals surface area contributed by atoms with Crippen LogP contribution in [0.5, 0.6) is 0 Å². The fraction of sp³-hybridized carbons (Fsp3) is 0.261. The van der Waals surface area contributed by atoms with E-state index in [-0.39, 0.29) is 16.8 Å². The van der Waals surface area contributed by atoms with Crippen molar-refractivity contribution in [2.75, 3.05) is 6.26 Å². The molecular formula is C23H26N2O3S. The third kappa shape index (κ3) is 4.43. The first-order valence-electron chi connectivity index (χ1n) is 9.45. The summed E-state index contributed by atoms with van der Waals surface area (Å²) in [6.07, 6.45) is 1.18. The van der Waals surface area contributed by atoms with Crippen molar-refractivity contribution in [2.24, 2.45) is 0 Å². The van der Waals surface area contributed by atoms with Gasteiger partial charge in [0.1, 0.15) is 0 Å². The van der Waals surface area contributed by atoms with Crippen LogP contribution in [0.1, 0.15) is 45.8 Å². The SMILES string of the molecule is Cc1cccc(-n2c(C)cc(C(=O)NC(C)c3ccc(S(C)(=O)=O)cc3)c2C)c1. The van der Waals surface area contributed by atoms with Crippen LogP contribution < -0.4 is 5.32 Å². The van der Waals surface area contributed by atoms with Gasteiger partial charge in [-0.15, -0.1) is 0 Å². The van der Waals surface area contributed by atoms with E-state index in [0.29, 0.717) is 5.56 Å². The molecule has 0 spiro atoms. The lowest BCUT2D eigenvalue weighted by molar-refractivity contribution is 0.0939. The number of hydrogen-bond acceptors (Lipinski definition) is 3. The number of rotatable bonds is 5. The van der Waals surface area contributed by atoms with Crippen LogP contribution in [-0.4, -0.2) is 25.1 Å². The van der Waals surface area contributed by atoms with Gasteiger partial charge in [-0.25, -0.2) is 8.42 Å². The monoisotopic (exact) mass is 410 g/mol. The van der Waals surface area contributed by atoms with Crippen LogP contribution in [0.2, 0.25) is 0 Å². The largest absolute Gasteiger partial charge is 0.345 e. The van der Waals surface area contributed by atoms with Gasteiger partial charge in [-0.2, -0.15) is 0 Å². The second-order valence-corrected chi connectivity index (χ2v) is 9.51. The van der Waals surface area contributed by atoms with Crippen molar-refractivity contribution in [3.8, 4) is 5.69 Å². The first-order valence-corrected chi connectivity index (χ1v) is 11.3. The van der Waals surface area contributed by atoms with Crippen LogP contribution in [0.3, 0.4) is 0 Å². The Morgan fingerprint density at radius 2 is 1.66 bits per heavy atom. The third-order valence-electron chi connectivity index (χ3n) is 5.09. The minimum Gasteiger partial charge on any atom is -0.345 e. The van der Waals surface area contributed by atoms with E-state index < -0.39 is 9.84 Å². The van der Waals surface area contributed by atoms with Crippen molar-refractivity contribution in [3.63, 3.8) is 0 Å². The molecule has 6 heteroatoms. The fourth-order valence-corrected chi connectivity index (χ4v) is 4.15. The number of hydrogen-bond donors (Lipinski definition) is 1. The van der Waals surface area contributed by atoms with E-state index in [1.54, 1.807) is 24.3 Å². The standard InChI is InChI=1S/C23H26N2O3S/c1-15-7-6-8-20(13-15)25-16(2)14-22(18(25)4)23(26)24-17(3)19-9-11-21(12-10-19)29(5,27)28/h6-14,17H,1-5H3,(H,24,26). The molecule has 0 saturated carbocycles. The molecule has 2 aromatic carbocycles. The van der Waals surface area contributed by atoms with E-state index in [1.165, 1.54) is 6.26 Å². The highest BCUT2D eigenvalue weighted by Crippen LogP contribution is 2.23. The molecule has 0 radical (unpaired) electrons. The van der Waals surface area contributed by atoms with Crippen molar-refractivity contribution < 1.29 is 13.2 Å².